The van der Waals surface area contributed by atoms with Crippen LogP contribution in [0.1, 0.15) is 31.2 Å². The average Bonchev–Trinajstić information content (AvgIpc) is 3.06. The van der Waals surface area contributed by atoms with Crippen molar-refractivity contribution in [3.63, 3.8) is 0 Å². The highest BCUT2D eigenvalue weighted by Gasteiger charge is 2.09. The Morgan fingerprint density at radius 2 is 2.00 bits per heavy atom. The first-order valence-corrected chi connectivity index (χ1v) is 8.62. The van der Waals surface area contributed by atoms with E-state index in [0.717, 1.165) is 16.0 Å². The van der Waals surface area contributed by atoms with Crippen molar-refractivity contribution in [3.05, 3.63) is 81.1 Å². The van der Waals surface area contributed by atoms with E-state index in [2.05, 4.69) is 33.7 Å². The number of carbonyl (C=O) groups excluding carboxylic acids is 1. The quantitative estimate of drug-likeness (QED) is 0.690. The van der Waals surface area contributed by atoms with Gasteiger partial charge in [-0.05, 0) is 17.7 Å². The Kier molecular flexibility index (Phi) is 5.35. The standard InChI is InChI=1S/C19H21N5O3/c1-13(2)18-20-7-9-23(18)11-14-4-3-5-15(10-14)21-17(26)12-24-8-6-16(25)22-19(24)27/h3-10,13H,11-12H2,1-2H3,(H,21,26)(H,22,25,27). The number of carbonyl (C=O) groups is 1. The van der Waals surface area contributed by atoms with Crippen molar-refractivity contribution in [1.82, 2.24) is 19.1 Å². The monoisotopic (exact) mass is 367 g/mol. The summed E-state index contributed by atoms with van der Waals surface area (Å²) >= 11 is 0. The van der Waals surface area contributed by atoms with Crippen LogP contribution in [0.5, 0.6) is 0 Å². The Morgan fingerprint density at radius 1 is 1.19 bits per heavy atom. The van der Waals surface area contributed by atoms with E-state index in [-0.39, 0.29) is 12.5 Å². The first-order chi connectivity index (χ1) is 12.9. The number of hydrogen-bond donors (Lipinski definition) is 2. The lowest BCUT2D eigenvalue weighted by Gasteiger charge is -2.12. The second-order valence-electron chi connectivity index (χ2n) is 6.55. The minimum atomic E-state index is -0.618. The van der Waals surface area contributed by atoms with Crippen LogP contribution in [-0.2, 0) is 17.9 Å². The Labute approximate surface area is 155 Å². The van der Waals surface area contributed by atoms with Gasteiger partial charge in [0.25, 0.3) is 5.56 Å². The number of benzene rings is 1. The number of aromatic amines is 1. The molecule has 0 radical (unpaired) electrons. The van der Waals surface area contributed by atoms with E-state index in [1.807, 2.05) is 24.4 Å². The van der Waals surface area contributed by atoms with Gasteiger partial charge in [-0.1, -0.05) is 26.0 Å². The van der Waals surface area contributed by atoms with E-state index >= 15 is 0 Å². The summed E-state index contributed by atoms with van der Waals surface area (Å²) < 4.78 is 3.21. The maximum Gasteiger partial charge on any atom is 0.328 e. The van der Waals surface area contributed by atoms with Gasteiger partial charge < -0.3 is 9.88 Å². The van der Waals surface area contributed by atoms with Crippen LogP contribution >= 0.6 is 0 Å². The molecule has 3 aromatic rings. The summed E-state index contributed by atoms with van der Waals surface area (Å²) in [5, 5.41) is 2.77. The molecule has 0 atom stereocenters. The molecule has 0 aliphatic carbocycles. The number of imidazole rings is 1. The summed E-state index contributed by atoms with van der Waals surface area (Å²) in [7, 11) is 0. The van der Waals surface area contributed by atoms with E-state index in [0.29, 0.717) is 18.2 Å². The van der Waals surface area contributed by atoms with Gasteiger partial charge in [0.05, 0.1) is 0 Å². The molecule has 0 saturated heterocycles. The fourth-order valence-electron chi connectivity index (χ4n) is 2.82. The van der Waals surface area contributed by atoms with E-state index in [9.17, 15) is 14.4 Å². The number of H-pyrrole nitrogens is 1. The maximum absolute atomic E-state index is 12.2. The first kappa shape index (κ1) is 18.4. The zero-order valence-electron chi connectivity index (χ0n) is 15.2. The van der Waals surface area contributed by atoms with Gasteiger partial charge in [0.1, 0.15) is 12.4 Å². The molecule has 8 heteroatoms. The molecule has 0 aliphatic heterocycles. The van der Waals surface area contributed by atoms with Crippen molar-refractivity contribution in [1.29, 1.82) is 0 Å². The molecule has 1 aromatic carbocycles. The van der Waals surface area contributed by atoms with Crippen molar-refractivity contribution in [3.8, 4) is 0 Å². The Hall–Kier alpha value is -3.42. The number of nitrogens with one attached hydrogen (secondary N) is 2. The smallest absolute Gasteiger partial charge is 0.328 e. The Balaban J connectivity index is 1.70. The Morgan fingerprint density at radius 3 is 2.74 bits per heavy atom. The van der Waals surface area contributed by atoms with Gasteiger partial charge in [0.2, 0.25) is 5.91 Å². The maximum atomic E-state index is 12.2. The van der Waals surface area contributed by atoms with Crippen LogP contribution in [0.4, 0.5) is 5.69 Å². The fraction of sp³-hybridized carbons (Fsp3) is 0.263. The van der Waals surface area contributed by atoms with Gasteiger partial charge >= 0.3 is 5.69 Å². The van der Waals surface area contributed by atoms with Crippen molar-refractivity contribution >= 4 is 11.6 Å². The molecule has 140 valence electrons. The van der Waals surface area contributed by atoms with Gasteiger partial charge in [-0.3, -0.25) is 19.1 Å². The third-order valence-corrected chi connectivity index (χ3v) is 4.04. The zero-order chi connectivity index (χ0) is 19.4. The SMILES string of the molecule is CC(C)c1nccn1Cc1cccc(NC(=O)Cn2ccc(=O)[nH]c2=O)c1. The molecule has 8 nitrogen and oxygen atoms in total. The summed E-state index contributed by atoms with van der Waals surface area (Å²) in [6.07, 6.45) is 5.01. The lowest BCUT2D eigenvalue weighted by Crippen LogP contribution is -2.32. The third-order valence-electron chi connectivity index (χ3n) is 4.04. The summed E-state index contributed by atoms with van der Waals surface area (Å²) in [4.78, 5) is 41.5. The molecule has 1 amide bonds. The molecule has 0 unspecified atom stereocenters. The van der Waals surface area contributed by atoms with E-state index in [1.54, 1.807) is 12.3 Å². The number of nitrogens with zero attached hydrogens (tertiary/aromatic N) is 3. The van der Waals surface area contributed by atoms with E-state index in [1.165, 1.54) is 12.3 Å². The minimum absolute atomic E-state index is 0.182. The lowest BCUT2D eigenvalue weighted by molar-refractivity contribution is -0.116. The molecule has 0 spiro atoms. The van der Waals surface area contributed by atoms with Crippen molar-refractivity contribution in [2.75, 3.05) is 5.32 Å². The normalized spacial score (nSPS) is 10.9. The second-order valence-corrected chi connectivity index (χ2v) is 6.55. The van der Waals surface area contributed by atoms with Crippen LogP contribution in [0.3, 0.4) is 0 Å². The molecule has 3 rings (SSSR count). The molecule has 2 aromatic heterocycles. The highest BCUT2D eigenvalue weighted by Crippen LogP contribution is 2.16. The Bertz CT molecular complexity index is 1060. The molecule has 2 heterocycles. The first-order valence-electron chi connectivity index (χ1n) is 8.62. The molecule has 0 saturated carbocycles. The van der Waals surface area contributed by atoms with Gasteiger partial charge in [-0.2, -0.15) is 0 Å². The van der Waals surface area contributed by atoms with Crippen molar-refractivity contribution in [2.45, 2.75) is 32.9 Å². The summed E-state index contributed by atoms with van der Waals surface area (Å²) in [6, 6.07) is 8.72. The molecule has 0 fully saturated rings. The van der Waals surface area contributed by atoms with Crippen LogP contribution in [0.2, 0.25) is 0 Å². The van der Waals surface area contributed by atoms with Crippen LogP contribution in [0.15, 0.2) is 58.5 Å². The molecule has 0 bridgehead atoms. The molecule has 27 heavy (non-hydrogen) atoms. The highest BCUT2D eigenvalue weighted by molar-refractivity contribution is 5.90. The summed E-state index contributed by atoms with van der Waals surface area (Å²) in [5.74, 6) is 0.965. The largest absolute Gasteiger partial charge is 0.330 e. The van der Waals surface area contributed by atoms with Gasteiger partial charge in [-0.25, -0.2) is 9.78 Å². The van der Waals surface area contributed by atoms with Crippen molar-refractivity contribution in [2.24, 2.45) is 0 Å². The average molecular weight is 367 g/mol. The summed E-state index contributed by atoms with van der Waals surface area (Å²) in [5.41, 5.74) is 0.549. The molecule has 2 N–H and O–H groups in total. The number of aromatic nitrogens is 4. The molecule has 0 aliphatic rings. The second kappa shape index (κ2) is 7.86. The highest BCUT2D eigenvalue weighted by atomic mass is 16.2. The van der Waals surface area contributed by atoms with Gasteiger partial charge in [0, 0.05) is 42.8 Å². The van der Waals surface area contributed by atoms with Crippen molar-refractivity contribution < 1.29 is 4.79 Å². The fourth-order valence-corrected chi connectivity index (χ4v) is 2.82. The van der Waals surface area contributed by atoms with Gasteiger partial charge in [-0.15, -0.1) is 0 Å². The lowest BCUT2D eigenvalue weighted by atomic mass is 10.1. The van der Waals surface area contributed by atoms with Crippen LogP contribution in [0, 0.1) is 0 Å². The van der Waals surface area contributed by atoms with E-state index in [4.69, 9.17) is 0 Å². The third kappa shape index (κ3) is 4.60. The number of hydrogen-bond acceptors (Lipinski definition) is 4. The number of anilines is 1. The summed E-state index contributed by atoms with van der Waals surface area (Å²) in [6.45, 7) is 4.65. The van der Waals surface area contributed by atoms with Crippen LogP contribution in [0.25, 0.3) is 0 Å². The van der Waals surface area contributed by atoms with Crippen LogP contribution < -0.4 is 16.6 Å². The predicted molar refractivity (Wildman–Crippen MR) is 102 cm³/mol. The molecular weight excluding hydrogens is 346 g/mol. The molecular formula is C19H21N5O3. The predicted octanol–water partition coefficient (Wildman–Crippen LogP) is 1.54. The van der Waals surface area contributed by atoms with Gasteiger partial charge in [0.15, 0.2) is 0 Å². The van der Waals surface area contributed by atoms with E-state index < -0.39 is 11.2 Å². The number of rotatable bonds is 6. The minimum Gasteiger partial charge on any atom is -0.330 e. The topological polar surface area (TPSA) is 102 Å². The zero-order valence-corrected chi connectivity index (χ0v) is 15.2. The number of amides is 1. The van der Waals surface area contributed by atoms with Crippen LogP contribution in [-0.4, -0.2) is 25.0 Å².